The molecule has 0 saturated carbocycles. The number of hydrogen-bond donors (Lipinski definition) is 4. The summed E-state index contributed by atoms with van der Waals surface area (Å²) in [7, 11) is 0. The maximum atomic E-state index is 12.1. The first-order valence-electron chi connectivity index (χ1n) is 10.9. The summed E-state index contributed by atoms with van der Waals surface area (Å²) in [6, 6.07) is 3.75. The van der Waals surface area contributed by atoms with Crippen molar-refractivity contribution in [1.82, 2.24) is 20.2 Å². The first kappa shape index (κ1) is 24.4. The van der Waals surface area contributed by atoms with Crippen LogP contribution in [-0.2, 0) is 16.0 Å². The van der Waals surface area contributed by atoms with E-state index in [4.69, 9.17) is 10.2 Å². The van der Waals surface area contributed by atoms with Crippen LogP contribution in [0.5, 0.6) is 0 Å². The van der Waals surface area contributed by atoms with Crippen LogP contribution in [0.2, 0.25) is 0 Å². The third-order valence-electron chi connectivity index (χ3n) is 4.69. The van der Waals surface area contributed by atoms with Gasteiger partial charge in [-0.15, -0.1) is 0 Å². The van der Waals surface area contributed by atoms with Crippen molar-refractivity contribution in [3.63, 3.8) is 0 Å². The number of imidazole rings is 1. The number of fused-ring (bicyclic) bond motifs is 1. The van der Waals surface area contributed by atoms with Gasteiger partial charge in [-0.25, -0.2) is 10.5 Å². The molecule has 8 heteroatoms. The number of aromatic nitrogens is 2. The van der Waals surface area contributed by atoms with Crippen LogP contribution in [0, 0.1) is 0 Å². The van der Waals surface area contributed by atoms with Crippen molar-refractivity contribution in [3.8, 4) is 0 Å². The predicted octanol–water partition coefficient (Wildman–Crippen LogP) is 3.69. The molecule has 8 nitrogen and oxygen atoms in total. The van der Waals surface area contributed by atoms with Gasteiger partial charge < -0.3 is 10.6 Å². The van der Waals surface area contributed by atoms with E-state index in [9.17, 15) is 9.59 Å². The highest BCUT2D eigenvalue weighted by molar-refractivity contribution is 5.91. The van der Waals surface area contributed by atoms with Crippen molar-refractivity contribution in [2.45, 2.75) is 71.8 Å². The van der Waals surface area contributed by atoms with Crippen molar-refractivity contribution >= 4 is 29.4 Å². The second kappa shape index (κ2) is 11.5. The zero-order chi connectivity index (χ0) is 22.9. The molecule has 170 valence electrons. The lowest BCUT2D eigenvalue weighted by Gasteiger charge is -2.20. The Bertz CT molecular complexity index is 912. The SMILES string of the molecule is CCCCCCc1nc2cc(C=CC(=O)NO)ccn2c1NCCC(=O)NC(C)(C)C. The predicted molar refractivity (Wildman–Crippen MR) is 123 cm³/mol. The lowest BCUT2D eigenvalue weighted by atomic mass is 10.1. The first-order chi connectivity index (χ1) is 14.7. The number of amides is 2. The van der Waals surface area contributed by atoms with Gasteiger partial charge in [0.15, 0.2) is 0 Å². The molecule has 0 fully saturated rings. The lowest BCUT2D eigenvalue weighted by molar-refractivity contribution is -0.124. The van der Waals surface area contributed by atoms with Crippen LogP contribution in [0.3, 0.4) is 0 Å². The van der Waals surface area contributed by atoms with Gasteiger partial charge >= 0.3 is 0 Å². The van der Waals surface area contributed by atoms with Gasteiger partial charge in [0.2, 0.25) is 5.91 Å². The maximum Gasteiger partial charge on any atom is 0.267 e. The van der Waals surface area contributed by atoms with Crippen LogP contribution >= 0.6 is 0 Å². The molecule has 2 aromatic rings. The Morgan fingerprint density at radius 1 is 1.23 bits per heavy atom. The molecule has 0 bridgehead atoms. The maximum absolute atomic E-state index is 12.1. The fourth-order valence-corrected chi connectivity index (χ4v) is 3.28. The number of hydroxylamine groups is 1. The molecule has 2 aromatic heterocycles. The first-order valence-corrected chi connectivity index (χ1v) is 10.9. The van der Waals surface area contributed by atoms with Crippen LogP contribution in [0.15, 0.2) is 24.4 Å². The number of rotatable bonds is 11. The van der Waals surface area contributed by atoms with Gasteiger partial charge in [-0.05, 0) is 57.4 Å². The molecule has 2 heterocycles. The summed E-state index contributed by atoms with van der Waals surface area (Å²) < 4.78 is 1.97. The number of anilines is 1. The minimum absolute atomic E-state index is 0.00731. The third kappa shape index (κ3) is 8.05. The summed E-state index contributed by atoms with van der Waals surface area (Å²) in [6.45, 7) is 8.59. The number of nitrogens with zero attached hydrogens (tertiary/aromatic N) is 2. The third-order valence-corrected chi connectivity index (χ3v) is 4.69. The van der Waals surface area contributed by atoms with E-state index in [0.29, 0.717) is 13.0 Å². The smallest absolute Gasteiger partial charge is 0.267 e. The number of hydrogen-bond acceptors (Lipinski definition) is 5. The lowest BCUT2D eigenvalue weighted by Crippen LogP contribution is -2.41. The van der Waals surface area contributed by atoms with E-state index in [1.807, 2.05) is 43.5 Å². The van der Waals surface area contributed by atoms with Gasteiger partial charge in [-0.3, -0.25) is 19.2 Å². The fourth-order valence-electron chi connectivity index (χ4n) is 3.28. The number of nitrogens with one attached hydrogen (secondary N) is 3. The molecule has 0 aromatic carbocycles. The van der Waals surface area contributed by atoms with Gasteiger partial charge in [-0.2, -0.15) is 0 Å². The number of carbonyl (C=O) groups is 2. The summed E-state index contributed by atoms with van der Waals surface area (Å²) in [6.07, 6.45) is 10.6. The van der Waals surface area contributed by atoms with Crippen molar-refractivity contribution in [2.75, 3.05) is 11.9 Å². The topological polar surface area (TPSA) is 108 Å². The minimum Gasteiger partial charge on any atom is -0.369 e. The van der Waals surface area contributed by atoms with E-state index in [1.165, 1.54) is 18.9 Å². The number of aryl methyl sites for hydroxylation is 1. The Hall–Kier alpha value is -2.87. The zero-order valence-corrected chi connectivity index (χ0v) is 19.0. The Morgan fingerprint density at radius 3 is 2.68 bits per heavy atom. The Kier molecular flexibility index (Phi) is 9.05. The van der Waals surface area contributed by atoms with Crippen LogP contribution in [0.25, 0.3) is 11.7 Å². The molecule has 0 aliphatic heterocycles. The van der Waals surface area contributed by atoms with Crippen molar-refractivity contribution in [2.24, 2.45) is 0 Å². The molecule has 0 atom stereocenters. The molecular formula is C23H35N5O3. The summed E-state index contributed by atoms with van der Waals surface area (Å²) in [5, 5.41) is 15.0. The molecule has 0 aliphatic carbocycles. The van der Waals surface area contributed by atoms with Gasteiger partial charge in [0, 0.05) is 30.8 Å². The number of carbonyl (C=O) groups excluding carboxylic acids is 2. The van der Waals surface area contributed by atoms with E-state index in [-0.39, 0.29) is 11.4 Å². The monoisotopic (exact) mass is 429 g/mol. The zero-order valence-electron chi connectivity index (χ0n) is 19.0. The minimum atomic E-state index is -0.587. The number of pyridine rings is 1. The average Bonchev–Trinajstić information content (AvgIpc) is 3.04. The fraction of sp³-hybridized carbons (Fsp3) is 0.522. The summed E-state index contributed by atoms with van der Waals surface area (Å²) in [5.74, 6) is 0.322. The van der Waals surface area contributed by atoms with Crippen molar-refractivity contribution < 1.29 is 14.8 Å². The van der Waals surface area contributed by atoms with E-state index < -0.39 is 5.91 Å². The molecule has 0 spiro atoms. The normalized spacial score (nSPS) is 11.8. The van der Waals surface area contributed by atoms with Gasteiger partial charge in [0.25, 0.3) is 5.91 Å². The van der Waals surface area contributed by atoms with Crippen LogP contribution in [0.1, 0.15) is 71.1 Å². The molecule has 0 aliphatic rings. The molecule has 0 saturated heterocycles. The van der Waals surface area contributed by atoms with Crippen LogP contribution < -0.4 is 16.1 Å². The Balaban J connectivity index is 2.18. The molecule has 4 N–H and O–H groups in total. The summed E-state index contributed by atoms with van der Waals surface area (Å²) >= 11 is 0. The highest BCUT2D eigenvalue weighted by atomic mass is 16.5. The molecule has 2 rings (SSSR count). The average molecular weight is 430 g/mol. The molecule has 0 unspecified atom stereocenters. The molecule has 0 radical (unpaired) electrons. The van der Waals surface area contributed by atoms with E-state index in [2.05, 4.69) is 17.6 Å². The van der Waals surface area contributed by atoms with Gasteiger partial charge in [-0.1, -0.05) is 26.2 Å². The van der Waals surface area contributed by atoms with Crippen molar-refractivity contribution in [1.29, 1.82) is 0 Å². The molecular weight excluding hydrogens is 394 g/mol. The Morgan fingerprint density at radius 2 is 2.00 bits per heavy atom. The van der Waals surface area contributed by atoms with E-state index in [1.54, 1.807) is 11.6 Å². The van der Waals surface area contributed by atoms with Crippen LogP contribution in [0.4, 0.5) is 5.82 Å². The van der Waals surface area contributed by atoms with Gasteiger partial charge in [0.1, 0.15) is 11.5 Å². The van der Waals surface area contributed by atoms with Crippen LogP contribution in [-0.4, -0.2) is 38.5 Å². The highest BCUT2D eigenvalue weighted by Gasteiger charge is 2.15. The molecule has 2 amide bonds. The Labute approximate surface area is 184 Å². The number of unbranched alkanes of at least 4 members (excludes halogenated alkanes) is 3. The van der Waals surface area contributed by atoms with Gasteiger partial charge in [0.05, 0.1) is 5.69 Å². The second-order valence-electron chi connectivity index (χ2n) is 8.69. The highest BCUT2D eigenvalue weighted by Crippen LogP contribution is 2.22. The van der Waals surface area contributed by atoms with E-state index in [0.717, 1.165) is 42.0 Å². The molecule has 31 heavy (non-hydrogen) atoms. The summed E-state index contributed by atoms with van der Waals surface area (Å²) in [4.78, 5) is 28.2. The standard InChI is InChI=1S/C23H35N5O3/c1-5-6-7-8-9-18-22(24-14-12-20(29)26-23(2,3)4)28-15-13-17(16-19(28)25-18)10-11-21(30)27-31/h10-11,13,15-16,24,31H,5-9,12,14H2,1-4H3,(H,26,29)(H,27,30). The second-order valence-corrected chi connectivity index (χ2v) is 8.69. The van der Waals surface area contributed by atoms with Crippen molar-refractivity contribution in [3.05, 3.63) is 35.7 Å². The summed E-state index contributed by atoms with van der Waals surface area (Å²) in [5.41, 5.74) is 3.86. The quantitative estimate of drug-likeness (QED) is 0.189. The van der Waals surface area contributed by atoms with E-state index >= 15 is 0 Å². The largest absolute Gasteiger partial charge is 0.369 e.